The lowest BCUT2D eigenvalue weighted by Gasteiger charge is -2.16. The van der Waals surface area contributed by atoms with Gasteiger partial charge in [-0.05, 0) is 68.9 Å². The molecular formula is C25H21FN4O4S. The molecule has 2 heterocycles. The van der Waals surface area contributed by atoms with E-state index in [-0.39, 0.29) is 33.6 Å². The molecule has 8 nitrogen and oxygen atoms in total. The van der Waals surface area contributed by atoms with E-state index >= 15 is 0 Å². The number of hydrogen-bond acceptors (Lipinski definition) is 8. The summed E-state index contributed by atoms with van der Waals surface area (Å²) in [6, 6.07) is 13.6. The smallest absolute Gasteiger partial charge is 0.338 e. The first-order valence-corrected chi connectivity index (χ1v) is 11.5. The summed E-state index contributed by atoms with van der Waals surface area (Å²) in [5.41, 5.74) is 1.79. The van der Waals surface area contributed by atoms with Crippen molar-refractivity contribution in [1.82, 2.24) is 9.97 Å². The number of anilines is 2. The van der Waals surface area contributed by atoms with Crippen molar-refractivity contribution in [3.05, 3.63) is 88.0 Å². The van der Waals surface area contributed by atoms with Gasteiger partial charge in [-0.25, -0.2) is 24.1 Å². The maximum atomic E-state index is 14.5. The second-order valence-electron chi connectivity index (χ2n) is 7.56. The predicted molar refractivity (Wildman–Crippen MR) is 129 cm³/mol. The van der Waals surface area contributed by atoms with Crippen molar-refractivity contribution >= 4 is 40.9 Å². The van der Waals surface area contributed by atoms with Gasteiger partial charge in [0, 0.05) is 17.1 Å². The summed E-state index contributed by atoms with van der Waals surface area (Å²) in [6.45, 7) is 5.49. The highest BCUT2D eigenvalue weighted by Gasteiger charge is 2.41. The first-order chi connectivity index (χ1) is 16.8. The molecule has 10 heteroatoms. The molecule has 0 atom stereocenters. The van der Waals surface area contributed by atoms with Crippen LogP contribution >= 0.6 is 11.8 Å². The van der Waals surface area contributed by atoms with Gasteiger partial charge in [-0.1, -0.05) is 18.2 Å². The van der Waals surface area contributed by atoms with Gasteiger partial charge in [0.05, 0.1) is 17.9 Å². The molecule has 0 unspecified atom stereocenters. The fraction of sp³-hybridized carbons (Fsp3) is 0.160. The van der Waals surface area contributed by atoms with Crippen LogP contribution in [0, 0.1) is 19.7 Å². The number of carbonyl (C=O) groups is 3. The largest absolute Gasteiger partial charge is 0.462 e. The molecule has 0 fully saturated rings. The van der Waals surface area contributed by atoms with Gasteiger partial charge in [0.2, 0.25) is 0 Å². The Bertz CT molecular complexity index is 1350. The summed E-state index contributed by atoms with van der Waals surface area (Å²) < 4.78 is 19.6. The number of aryl methyl sites for hydroxylation is 2. The van der Waals surface area contributed by atoms with Gasteiger partial charge in [0.1, 0.15) is 16.4 Å². The summed E-state index contributed by atoms with van der Waals surface area (Å²) >= 11 is 0.910. The number of nitrogens with one attached hydrogen (secondary N) is 1. The highest BCUT2D eigenvalue weighted by atomic mass is 32.2. The zero-order chi connectivity index (χ0) is 25.1. The number of carbonyl (C=O) groups excluding carboxylic acids is 3. The molecule has 4 rings (SSSR count). The lowest BCUT2D eigenvalue weighted by atomic mass is 10.2. The molecule has 0 radical (unpaired) electrons. The van der Waals surface area contributed by atoms with Crippen LogP contribution in [0.3, 0.4) is 0 Å². The van der Waals surface area contributed by atoms with Gasteiger partial charge in [-0.2, -0.15) is 0 Å². The molecule has 0 saturated carbocycles. The fourth-order valence-corrected chi connectivity index (χ4v) is 4.46. The lowest BCUT2D eigenvalue weighted by molar-refractivity contribution is -0.120. The minimum atomic E-state index is -0.742. The molecule has 0 bridgehead atoms. The van der Waals surface area contributed by atoms with Gasteiger partial charge in [-0.3, -0.25) is 9.59 Å². The van der Waals surface area contributed by atoms with E-state index in [1.165, 1.54) is 30.3 Å². The Morgan fingerprint density at radius 2 is 1.74 bits per heavy atom. The van der Waals surface area contributed by atoms with E-state index in [0.29, 0.717) is 17.1 Å². The van der Waals surface area contributed by atoms with E-state index in [0.717, 1.165) is 16.7 Å². The van der Waals surface area contributed by atoms with Crippen LogP contribution in [-0.4, -0.2) is 34.4 Å². The third kappa shape index (κ3) is 5.07. The second-order valence-corrected chi connectivity index (χ2v) is 8.54. The number of imide groups is 1. The standard InChI is InChI=1S/C25H21FN4O4S/c1-4-34-24(33)16-8-7-9-17(13-16)29-20-21(35-25-27-14(2)12-15(3)28-25)23(32)30(22(20)31)19-11-6-5-10-18(19)26/h5-13,29H,4H2,1-3H3. The minimum absolute atomic E-state index is 0.00444. The van der Waals surface area contributed by atoms with E-state index in [1.54, 1.807) is 45.0 Å². The molecule has 0 aliphatic carbocycles. The van der Waals surface area contributed by atoms with Crippen LogP contribution in [0.5, 0.6) is 0 Å². The topological polar surface area (TPSA) is 101 Å². The maximum Gasteiger partial charge on any atom is 0.338 e. The summed E-state index contributed by atoms with van der Waals surface area (Å²) in [4.78, 5) is 48.4. The molecule has 2 amide bonds. The fourth-order valence-electron chi connectivity index (χ4n) is 3.48. The van der Waals surface area contributed by atoms with E-state index in [1.807, 2.05) is 0 Å². The van der Waals surface area contributed by atoms with Crippen molar-refractivity contribution in [2.24, 2.45) is 0 Å². The summed E-state index contributed by atoms with van der Waals surface area (Å²) in [5.74, 6) is -2.69. The zero-order valence-electron chi connectivity index (χ0n) is 19.2. The van der Waals surface area contributed by atoms with Crippen LogP contribution in [0.25, 0.3) is 0 Å². The van der Waals surface area contributed by atoms with Crippen LogP contribution in [-0.2, 0) is 14.3 Å². The number of hydrogen-bond donors (Lipinski definition) is 1. The molecule has 1 N–H and O–H groups in total. The first kappa shape index (κ1) is 24.1. The van der Waals surface area contributed by atoms with Crippen molar-refractivity contribution < 1.29 is 23.5 Å². The summed E-state index contributed by atoms with van der Waals surface area (Å²) in [6.07, 6.45) is 0. The number of benzene rings is 2. The maximum absolute atomic E-state index is 14.5. The predicted octanol–water partition coefficient (Wildman–Crippen LogP) is 4.40. The highest BCUT2D eigenvalue weighted by Crippen LogP contribution is 2.37. The summed E-state index contributed by atoms with van der Waals surface area (Å²) in [7, 11) is 0. The number of amides is 2. The van der Waals surface area contributed by atoms with Gasteiger partial charge < -0.3 is 10.1 Å². The number of aromatic nitrogens is 2. The van der Waals surface area contributed by atoms with Gasteiger partial charge in [-0.15, -0.1) is 0 Å². The average molecular weight is 493 g/mol. The number of halogens is 1. The monoisotopic (exact) mass is 492 g/mol. The van der Waals surface area contributed by atoms with Crippen molar-refractivity contribution in [3.63, 3.8) is 0 Å². The third-order valence-electron chi connectivity index (χ3n) is 4.93. The SMILES string of the molecule is CCOC(=O)c1cccc(NC2=C(Sc3nc(C)cc(C)n3)C(=O)N(c3ccccc3F)C2=O)c1. The number of rotatable bonds is 7. The number of esters is 1. The molecule has 0 spiro atoms. The lowest BCUT2D eigenvalue weighted by Crippen LogP contribution is -2.33. The molecule has 1 aliphatic rings. The number of nitrogens with zero attached hydrogens (tertiary/aromatic N) is 3. The Kier molecular flexibility index (Phi) is 6.92. The van der Waals surface area contributed by atoms with E-state index in [2.05, 4.69) is 15.3 Å². The molecule has 0 saturated heterocycles. The highest BCUT2D eigenvalue weighted by molar-refractivity contribution is 8.04. The zero-order valence-corrected chi connectivity index (χ0v) is 20.0. The van der Waals surface area contributed by atoms with Gasteiger partial charge in [0.25, 0.3) is 11.8 Å². The quantitative estimate of drug-likeness (QED) is 0.294. The van der Waals surface area contributed by atoms with Crippen molar-refractivity contribution in [3.8, 4) is 0 Å². The van der Waals surface area contributed by atoms with E-state index in [4.69, 9.17) is 4.74 Å². The van der Waals surface area contributed by atoms with Crippen LogP contribution in [0.1, 0.15) is 28.7 Å². The molecule has 1 aromatic heterocycles. The first-order valence-electron chi connectivity index (χ1n) is 10.7. The van der Waals surface area contributed by atoms with Gasteiger partial charge >= 0.3 is 5.97 Å². The van der Waals surface area contributed by atoms with Gasteiger partial charge in [0.15, 0.2) is 5.16 Å². The van der Waals surface area contributed by atoms with E-state index in [9.17, 15) is 18.8 Å². The average Bonchev–Trinajstić information content (AvgIpc) is 3.03. The Morgan fingerprint density at radius 1 is 1.03 bits per heavy atom. The van der Waals surface area contributed by atoms with Crippen molar-refractivity contribution in [1.29, 1.82) is 0 Å². The molecule has 3 aromatic rings. The number of thioether (sulfide) groups is 1. The van der Waals surface area contributed by atoms with Crippen molar-refractivity contribution in [2.75, 3.05) is 16.8 Å². The van der Waals surface area contributed by atoms with Crippen LogP contribution < -0.4 is 10.2 Å². The Labute approximate surface area is 205 Å². The normalized spacial score (nSPS) is 13.4. The second kappa shape index (κ2) is 10.1. The Hall–Kier alpha value is -4.05. The number of para-hydroxylation sites is 1. The third-order valence-corrected chi connectivity index (χ3v) is 5.88. The molecule has 178 valence electrons. The number of ether oxygens (including phenoxy) is 1. The van der Waals surface area contributed by atoms with Crippen molar-refractivity contribution in [2.45, 2.75) is 25.9 Å². The minimum Gasteiger partial charge on any atom is -0.462 e. The molecule has 35 heavy (non-hydrogen) atoms. The summed E-state index contributed by atoms with van der Waals surface area (Å²) in [5, 5.41) is 3.21. The Balaban J connectivity index is 1.76. The molecular weight excluding hydrogens is 471 g/mol. The van der Waals surface area contributed by atoms with E-state index < -0.39 is 23.6 Å². The van der Waals surface area contributed by atoms with Crippen LogP contribution in [0.4, 0.5) is 15.8 Å². The van der Waals surface area contributed by atoms with Crippen LogP contribution in [0.15, 0.2) is 70.4 Å². The Morgan fingerprint density at radius 3 is 2.43 bits per heavy atom. The van der Waals surface area contributed by atoms with Crippen LogP contribution in [0.2, 0.25) is 0 Å². The molecule has 1 aliphatic heterocycles. The molecule has 2 aromatic carbocycles.